The second kappa shape index (κ2) is 35.1. The van der Waals surface area contributed by atoms with Crippen LogP contribution in [0.25, 0.3) is 11.1 Å². The van der Waals surface area contributed by atoms with Gasteiger partial charge in [0.15, 0.2) is 12.2 Å². The van der Waals surface area contributed by atoms with Gasteiger partial charge in [0.25, 0.3) is 0 Å². The van der Waals surface area contributed by atoms with Crippen molar-refractivity contribution in [1.29, 1.82) is 0 Å². The van der Waals surface area contributed by atoms with E-state index in [1.54, 1.807) is 24.3 Å². The van der Waals surface area contributed by atoms with Crippen molar-refractivity contribution in [3.63, 3.8) is 0 Å². The van der Waals surface area contributed by atoms with E-state index >= 15 is 0 Å². The fraction of sp³-hybridized carbons (Fsp3) is 0.254. The summed E-state index contributed by atoms with van der Waals surface area (Å²) >= 11 is 0. The molecule has 0 amide bonds. The molecule has 0 aliphatic heterocycles. The number of benzene rings is 4. The van der Waals surface area contributed by atoms with Crippen molar-refractivity contribution >= 4 is 59.7 Å². The molecule has 0 aromatic heterocycles. The molecule has 0 heterocycles. The summed E-state index contributed by atoms with van der Waals surface area (Å²) in [4.78, 5) is 122. The molecule has 0 fully saturated rings. The topological polar surface area (TPSA) is 322 Å². The number of carboxylic acids is 2. The number of esters is 8. The van der Waals surface area contributed by atoms with Crippen LogP contribution in [0.2, 0.25) is 0 Å². The van der Waals surface area contributed by atoms with Gasteiger partial charge in [0.1, 0.15) is 64.4 Å². The molecule has 24 heteroatoms. The maximum atomic E-state index is 12.9. The van der Waals surface area contributed by atoms with E-state index in [0.717, 1.165) is 69.8 Å². The lowest BCUT2D eigenvalue weighted by Crippen LogP contribution is -2.44. The van der Waals surface area contributed by atoms with E-state index in [1.165, 1.54) is 0 Å². The van der Waals surface area contributed by atoms with Gasteiger partial charge in [-0.25, -0.2) is 47.9 Å². The second-order valence-corrected chi connectivity index (χ2v) is 19.9. The van der Waals surface area contributed by atoms with Gasteiger partial charge in [-0.1, -0.05) is 112 Å². The van der Waals surface area contributed by atoms with Crippen LogP contribution in [0.3, 0.4) is 0 Å². The second-order valence-electron chi connectivity index (χ2n) is 19.9. The van der Waals surface area contributed by atoms with E-state index < -0.39 is 154 Å². The summed E-state index contributed by atoms with van der Waals surface area (Å²) in [5.74, 6) is -9.60. The quantitative estimate of drug-likeness (QED) is 0.0247. The molecule has 2 unspecified atom stereocenters. The maximum Gasteiger partial charge on any atom is 0.331 e. The third kappa shape index (κ3) is 21.1. The summed E-state index contributed by atoms with van der Waals surface area (Å²) in [7, 11) is 0. The van der Waals surface area contributed by atoms with Crippen molar-refractivity contribution in [2.75, 3.05) is 79.3 Å². The molecule has 0 radical (unpaired) electrons. The highest BCUT2D eigenvalue weighted by Crippen LogP contribution is 2.56. The van der Waals surface area contributed by atoms with Gasteiger partial charge in [-0.15, -0.1) is 0 Å². The highest BCUT2D eigenvalue weighted by atomic mass is 16.6. The molecule has 24 nitrogen and oxygen atoms in total. The standard InChI is InChI=1S/C67H66O24/c1-7-57(72)84-39-65(40-85-58(73)8-2,41-86-59(74)9-3)37-80-33-49(90-63(78)31-29-55(68)69)35-82-47-25-21-45(22-26-47)67(53-19-15-13-17-51(53)52-18-14-16-20-54(52)67)46-23-27-48(28-24-46)83-36-50(91-64(79)32-30-56(70)71)34-81-38-66(42-87-60(75)10-4,43-88-61(76)11-5)44-89-62(77)12-6/h7-32,49-50H,1-6,33-44H2,(H,68,69)(H,70,71). The minimum atomic E-state index is -1.55. The molecule has 0 saturated carbocycles. The number of carbonyl (C=O) groups excluding carboxylic acids is 8. The number of carboxylic acid groups (broad SMARTS) is 2. The van der Waals surface area contributed by atoms with Crippen LogP contribution in [0.1, 0.15) is 22.3 Å². The molecular formula is C67H66O24. The van der Waals surface area contributed by atoms with E-state index in [9.17, 15) is 58.2 Å². The summed E-state index contributed by atoms with van der Waals surface area (Å²) in [5, 5.41) is 18.4. The largest absolute Gasteiger partial charge is 0.490 e. The number of aliphatic carboxylic acids is 2. The first-order valence-corrected chi connectivity index (χ1v) is 27.5. The Kier molecular flexibility index (Phi) is 27.3. The Morgan fingerprint density at radius 3 is 0.934 bits per heavy atom. The van der Waals surface area contributed by atoms with Gasteiger partial charge in [0.2, 0.25) is 0 Å². The Morgan fingerprint density at radius 2 is 0.659 bits per heavy atom. The van der Waals surface area contributed by atoms with Crippen LogP contribution in [-0.2, 0) is 101 Å². The number of rotatable bonds is 40. The minimum absolute atomic E-state index is 0.287. The predicted molar refractivity (Wildman–Crippen MR) is 321 cm³/mol. The van der Waals surface area contributed by atoms with Gasteiger partial charge in [-0.3, -0.25) is 0 Å². The Morgan fingerprint density at radius 1 is 0.374 bits per heavy atom. The van der Waals surface area contributed by atoms with Crippen LogP contribution < -0.4 is 9.47 Å². The van der Waals surface area contributed by atoms with Crippen LogP contribution in [0.5, 0.6) is 11.5 Å². The van der Waals surface area contributed by atoms with Gasteiger partial charge in [-0.2, -0.15) is 0 Å². The summed E-state index contributed by atoms with van der Waals surface area (Å²) < 4.78 is 67.1. The molecule has 91 heavy (non-hydrogen) atoms. The van der Waals surface area contributed by atoms with Gasteiger partial charge in [-0.05, 0) is 57.6 Å². The zero-order valence-electron chi connectivity index (χ0n) is 49.3. The monoisotopic (exact) mass is 1250 g/mol. The lowest BCUT2D eigenvalue weighted by molar-refractivity contribution is -0.166. The number of hydrogen-bond donors (Lipinski definition) is 2. The number of hydrogen-bond acceptors (Lipinski definition) is 22. The Balaban J connectivity index is 1.45. The summed E-state index contributed by atoms with van der Waals surface area (Å²) in [6.45, 7) is 14.6. The number of carbonyl (C=O) groups is 10. The summed E-state index contributed by atoms with van der Waals surface area (Å²) in [5.41, 5.74) is 1.18. The molecular weight excluding hydrogens is 1190 g/mol. The summed E-state index contributed by atoms with van der Waals surface area (Å²) in [6, 6.07) is 29.9. The first kappa shape index (κ1) is 70.8. The average molecular weight is 1260 g/mol. The van der Waals surface area contributed by atoms with Crippen LogP contribution in [0.15, 0.2) is 197 Å². The molecule has 0 bridgehead atoms. The molecule has 478 valence electrons. The van der Waals surface area contributed by atoms with Crippen molar-refractivity contribution in [3.8, 4) is 22.6 Å². The Bertz CT molecular complexity index is 3050. The van der Waals surface area contributed by atoms with Gasteiger partial charge in [0.05, 0.1) is 42.7 Å². The van der Waals surface area contributed by atoms with Gasteiger partial charge in [0, 0.05) is 60.8 Å². The zero-order valence-corrected chi connectivity index (χ0v) is 49.3. The maximum absolute atomic E-state index is 12.9. The smallest absolute Gasteiger partial charge is 0.331 e. The fourth-order valence-corrected chi connectivity index (χ4v) is 8.94. The summed E-state index contributed by atoms with van der Waals surface area (Å²) in [6.07, 6.45) is 5.31. The van der Waals surface area contributed by atoms with E-state index in [2.05, 4.69) is 39.5 Å². The normalized spacial score (nSPS) is 12.6. The minimum Gasteiger partial charge on any atom is -0.490 e. The third-order valence-electron chi connectivity index (χ3n) is 13.2. The highest BCUT2D eigenvalue weighted by Gasteiger charge is 2.46. The molecule has 1 aliphatic rings. The SMILES string of the molecule is C=CC(=O)OCC(COCC(COc1ccc(C2(c3ccc(OCC(COCC(COC(=O)C=C)(COC(=O)C=C)COC(=O)C=C)OC(=O)C=CC(=O)O)cc3)c3ccccc3-c3ccccc32)cc1)OC(=O)C=CC(=O)O)(COC(=O)C=C)COC(=O)C=C. The third-order valence-corrected chi connectivity index (χ3v) is 13.2. The number of fused-ring (bicyclic) bond motifs is 3. The fourth-order valence-electron chi connectivity index (χ4n) is 8.94. The van der Waals surface area contributed by atoms with Crippen molar-refractivity contribution < 1.29 is 115 Å². The van der Waals surface area contributed by atoms with E-state index in [-0.39, 0.29) is 24.7 Å². The van der Waals surface area contributed by atoms with Gasteiger partial charge >= 0.3 is 59.7 Å². The first-order chi connectivity index (χ1) is 43.7. The molecule has 2 N–H and O–H groups in total. The first-order valence-electron chi connectivity index (χ1n) is 27.5. The van der Waals surface area contributed by atoms with Crippen LogP contribution >= 0.6 is 0 Å². The lowest BCUT2D eigenvalue weighted by Gasteiger charge is -2.34. The zero-order chi connectivity index (χ0) is 66.4. The van der Waals surface area contributed by atoms with E-state index in [1.807, 2.05) is 72.8 Å². The Hall–Kier alpha value is -11.0. The van der Waals surface area contributed by atoms with Crippen molar-refractivity contribution in [1.82, 2.24) is 0 Å². The Labute approximate surface area is 522 Å². The molecule has 0 spiro atoms. The highest BCUT2D eigenvalue weighted by molar-refractivity contribution is 5.92. The van der Waals surface area contributed by atoms with E-state index in [4.69, 9.17) is 56.8 Å². The lowest BCUT2D eigenvalue weighted by atomic mass is 9.68. The average Bonchev–Trinajstić information content (AvgIpc) is 1.56. The van der Waals surface area contributed by atoms with E-state index in [0.29, 0.717) is 24.3 Å². The van der Waals surface area contributed by atoms with Gasteiger partial charge < -0.3 is 67.1 Å². The molecule has 0 saturated heterocycles. The molecule has 4 aromatic rings. The van der Waals surface area contributed by atoms with Crippen LogP contribution in [0, 0.1) is 10.8 Å². The van der Waals surface area contributed by atoms with Crippen LogP contribution in [-0.4, -0.2) is 161 Å². The molecule has 5 rings (SSSR count). The van der Waals surface area contributed by atoms with Crippen molar-refractivity contribution in [3.05, 3.63) is 220 Å². The molecule has 2 atom stereocenters. The van der Waals surface area contributed by atoms with Crippen LogP contribution in [0.4, 0.5) is 0 Å². The molecule has 1 aliphatic carbocycles. The van der Waals surface area contributed by atoms with Crippen molar-refractivity contribution in [2.24, 2.45) is 10.8 Å². The van der Waals surface area contributed by atoms with Crippen molar-refractivity contribution in [2.45, 2.75) is 17.6 Å². The predicted octanol–water partition coefficient (Wildman–Crippen LogP) is 6.29. The molecule has 4 aromatic carbocycles. The number of ether oxygens (including phenoxy) is 12.